The van der Waals surface area contributed by atoms with Crippen LogP contribution in [0, 0.1) is 0 Å². The lowest BCUT2D eigenvalue weighted by Gasteiger charge is -2.25. The van der Waals surface area contributed by atoms with E-state index in [1.165, 1.54) is 4.88 Å². The van der Waals surface area contributed by atoms with Crippen molar-refractivity contribution in [2.75, 3.05) is 26.3 Å². The lowest BCUT2D eigenvalue weighted by molar-refractivity contribution is 0.0346. The molecule has 1 aliphatic heterocycles. The highest BCUT2D eigenvalue weighted by Crippen LogP contribution is 2.10. The Hall–Kier alpha value is -0.450. The van der Waals surface area contributed by atoms with Crippen LogP contribution in [0.3, 0.4) is 0 Å². The third-order valence-electron chi connectivity index (χ3n) is 1.97. The van der Waals surface area contributed by atoms with E-state index in [-0.39, 0.29) is 0 Å². The predicted molar refractivity (Wildman–Crippen MR) is 48.2 cm³/mol. The number of thiazole rings is 1. The standard InChI is InChI=1S/C8H12N2OS/c1-3-11-4-2-10(1)6-8-5-9-7-12-8/h5,7H,1-4,6H2. The molecule has 0 atom stereocenters. The Labute approximate surface area is 76.0 Å². The SMILES string of the molecule is c1ncc(CN2CCOCC2)s1. The minimum absolute atomic E-state index is 0.874. The van der Waals surface area contributed by atoms with Crippen molar-refractivity contribution in [1.29, 1.82) is 0 Å². The zero-order valence-corrected chi connectivity index (χ0v) is 7.72. The van der Waals surface area contributed by atoms with E-state index in [2.05, 4.69) is 9.88 Å². The normalized spacial score (nSPS) is 19.7. The van der Waals surface area contributed by atoms with Crippen LogP contribution < -0.4 is 0 Å². The van der Waals surface area contributed by atoms with Crippen molar-refractivity contribution < 1.29 is 4.74 Å². The van der Waals surface area contributed by atoms with Gasteiger partial charge in [0, 0.05) is 30.7 Å². The first-order valence-electron chi connectivity index (χ1n) is 4.12. The molecular weight excluding hydrogens is 172 g/mol. The van der Waals surface area contributed by atoms with E-state index in [0.29, 0.717) is 0 Å². The van der Waals surface area contributed by atoms with Gasteiger partial charge in [-0.15, -0.1) is 11.3 Å². The first kappa shape index (κ1) is 8.16. The molecule has 2 heterocycles. The first-order valence-corrected chi connectivity index (χ1v) is 5.00. The molecule has 66 valence electrons. The molecule has 1 saturated heterocycles. The summed E-state index contributed by atoms with van der Waals surface area (Å²) in [6.07, 6.45) is 1.94. The average molecular weight is 184 g/mol. The molecule has 0 spiro atoms. The van der Waals surface area contributed by atoms with E-state index in [9.17, 15) is 0 Å². The molecule has 1 fully saturated rings. The smallest absolute Gasteiger partial charge is 0.0794 e. The van der Waals surface area contributed by atoms with Crippen molar-refractivity contribution >= 4 is 11.3 Å². The number of aromatic nitrogens is 1. The van der Waals surface area contributed by atoms with Crippen LogP contribution in [0.25, 0.3) is 0 Å². The lowest BCUT2D eigenvalue weighted by Crippen LogP contribution is -2.35. The van der Waals surface area contributed by atoms with Crippen LogP contribution in [0.2, 0.25) is 0 Å². The van der Waals surface area contributed by atoms with E-state index >= 15 is 0 Å². The maximum atomic E-state index is 5.26. The highest BCUT2D eigenvalue weighted by Gasteiger charge is 2.10. The van der Waals surface area contributed by atoms with Crippen molar-refractivity contribution in [3.63, 3.8) is 0 Å². The fraction of sp³-hybridized carbons (Fsp3) is 0.625. The van der Waals surface area contributed by atoms with Gasteiger partial charge >= 0.3 is 0 Å². The van der Waals surface area contributed by atoms with Gasteiger partial charge in [-0.2, -0.15) is 0 Å². The van der Waals surface area contributed by atoms with Crippen molar-refractivity contribution in [2.45, 2.75) is 6.54 Å². The fourth-order valence-electron chi connectivity index (χ4n) is 1.30. The van der Waals surface area contributed by atoms with Crippen LogP contribution >= 0.6 is 11.3 Å². The van der Waals surface area contributed by atoms with Gasteiger partial charge in [-0.05, 0) is 0 Å². The Morgan fingerprint density at radius 2 is 2.33 bits per heavy atom. The van der Waals surface area contributed by atoms with Gasteiger partial charge in [-0.3, -0.25) is 9.88 Å². The molecule has 0 aromatic carbocycles. The quantitative estimate of drug-likeness (QED) is 0.685. The number of nitrogens with zero attached hydrogens (tertiary/aromatic N) is 2. The van der Waals surface area contributed by atoms with Gasteiger partial charge in [0.2, 0.25) is 0 Å². The van der Waals surface area contributed by atoms with Crippen LogP contribution in [0.15, 0.2) is 11.7 Å². The zero-order valence-electron chi connectivity index (χ0n) is 6.90. The number of morpholine rings is 1. The molecule has 0 bridgehead atoms. The van der Waals surface area contributed by atoms with Gasteiger partial charge in [-0.1, -0.05) is 0 Å². The molecule has 0 unspecified atom stereocenters. The number of ether oxygens (including phenoxy) is 1. The Kier molecular flexibility index (Phi) is 2.71. The van der Waals surface area contributed by atoms with Gasteiger partial charge < -0.3 is 4.74 Å². The second-order valence-corrected chi connectivity index (χ2v) is 3.83. The van der Waals surface area contributed by atoms with Crippen LogP contribution in [0.4, 0.5) is 0 Å². The first-order chi connectivity index (χ1) is 5.95. The van der Waals surface area contributed by atoms with E-state index in [1.54, 1.807) is 11.3 Å². The molecule has 1 aliphatic rings. The summed E-state index contributed by atoms with van der Waals surface area (Å²) in [5.74, 6) is 0. The lowest BCUT2D eigenvalue weighted by atomic mass is 10.4. The fourth-order valence-corrected chi connectivity index (χ4v) is 1.94. The molecule has 4 heteroatoms. The third kappa shape index (κ3) is 2.03. The summed E-state index contributed by atoms with van der Waals surface area (Å²) in [6.45, 7) is 4.89. The highest BCUT2D eigenvalue weighted by molar-refractivity contribution is 7.09. The molecule has 0 saturated carbocycles. The second kappa shape index (κ2) is 3.98. The molecule has 1 aromatic rings. The monoisotopic (exact) mass is 184 g/mol. The van der Waals surface area contributed by atoms with Gasteiger partial charge in [-0.25, -0.2) is 0 Å². The topological polar surface area (TPSA) is 25.4 Å². The third-order valence-corrected chi connectivity index (χ3v) is 2.73. The minimum atomic E-state index is 0.874. The summed E-state index contributed by atoms with van der Waals surface area (Å²) in [7, 11) is 0. The van der Waals surface area contributed by atoms with E-state index in [1.807, 2.05) is 11.7 Å². The summed E-state index contributed by atoms with van der Waals surface area (Å²) < 4.78 is 5.26. The van der Waals surface area contributed by atoms with Crippen molar-refractivity contribution in [3.05, 3.63) is 16.6 Å². The minimum Gasteiger partial charge on any atom is -0.379 e. The van der Waals surface area contributed by atoms with Crippen LogP contribution in [-0.4, -0.2) is 36.2 Å². The highest BCUT2D eigenvalue weighted by atomic mass is 32.1. The largest absolute Gasteiger partial charge is 0.379 e. The molecule has 12 heavy (non-hydrogen) atoms. The Morgan fingerprint density at radius 3 is 3.00 bits per heavy atom. The van der Waals surface area contributed by atoms with E-state index in [0.717, 1.165) is 32.8 Å². The van der Waals surface area contributed by atoms with Crippen LogP contribution in [-0.2, 0) is 11.3 Å². The summed E-state index contributed by atoms with van der Waals surface area (Å²) in [5, 5.41) is 0. The molecule has 3 nitrogen and oxygen atoms in total. The maximum Gasteiger partial charge on any atom is 0.0794 e. The molecular formula is C8H12N2OS. The maximum absolute atomic E-state index is 5.26. The van der Waals surface area contributed by atoms with Gasteiger partial charge in [0.05, 0.1) is 18.7 Å². The number of hydrogen-bond donors (Lipinski definition) is 0. The summed E-state index contributed by atoms with van der Waals surface area (Å²) in [4.78, 5) is 7.79. The van der Waals surface area contributed by atoms with Crippen LogP contribution in [0.1, 0.15) is 4.88 Å². The van der Waals surface area contributed by atoms with E-state index in [4.69, 9.17) is 4.74 Å². The van der Waals surface area contributed by atoms with Crippen molar-refractivity contribution in [2.24, 2.45) is 0 Å². The van der Waals surface area contributed by atoms with Crippen molar-refractivity contribution in [1.82, 2.24) is 9.88 Å². The summed E-state index contributed by atoms with van der Waals surface area (Å²) in [5.41, 5.74) is 1.88. The molecule has 2 rings (SSSR count). The van der Waals surface area contributed by atoms with Gasteiger partial charge in [0.15, 0.2) is 0 Å². The zero-order chi connectivity index (χ0) is 8.23. The number of hydrogen-bond acceptors (Lipinski definition) is 4. The Bertz CT molecular complexity index is 219. The van der Waals surface area contributed by atoms with Crippen molar-refractivity contribution in [3.8, 4) is 0 Å². The molecule has 0 N–H and O–H groups in total. The summed E-state index contributed by atoms with van der Waals surface area (Å²) in [6, 6.07) is 0. The molecule has 0 amide bonds. The Balaban J connectivity index is 1.86. The van der Waals surface area contributed by atoms with Gasteiger partial charge in [0.1, 0.15) is 0 Å². The molecule has 0 radical (unpaired) electrons. The number of rotatable bonds is 2. The predicted octanol–water partition coefficient (Wildman–Crippen LogP) is 0.975. The molecule has 1 aromatic heterocycles. The van der Waals surface area contributed by atoms with Gasteiger partial charge in [0.25, 0.3) is 0 Å². The van der Waals surface area contributed by atoms with Crippen LogP contribution in [0.5, 0.6) is 0 Å². The van der Waals surface area contributed by atoms with E-state index < -0.39 is 0 Å². The Morgan fingerprint density at radius 1 is 1.50 bits per heavy atom. The summed E-state index contributed by atoms with van der Waals surface area (Å²) >= 11 is 1.72. The second-order valence-electron chi connectivity index (χ2n) is 2.86. The molecule has 0 aliphatic carbocycles. The average Bonchev–Trinajstić information content (AvgIpc) is 2.59.